The van der Waals surface area contributed by atoms with Crippen LogP contribution in [-0.4, -0.2) is 5.75 Å². The molecule has 1 aliphatic heterocycles. The highest BCUT2D eigenvalue weighted by atomic mass is 32.2. The van der Waals surface area contributed by atoms with Gasteiger partial charge in [0.05, 0.1) is 0 Å². The van der Waals surface area contributed by atoms with Gasteiger partial charge < -0.3 is 0 Å². The van der Waals surface area contributed by atoms with Gasteiger partial charge in [0, 0.05) is 0 Å². The number of hydrogen-bond acceptors (Lipinski definition) is 1. The van der Waals surface area contributed by atoms with E-state index in [2.05, 4.69) is 6.58 Å². The molecule has 0 bridgehead atoms. The molecule has 0 aromatic heterocycles. The molecule has 1 heteroatoms. The summed E-state index contributed by atoms with van der Waals surface area (Å²) >= 11 is 1.92. The molecule has 1 saturated heterocycles. The second kappa shape index (κ2) is 2.41. The largest absolute Gasteiger partial charge is 0.131 e. The van der Waals surface area contributed by atoms with Gasteiger partial charge in [-0.15, -0.1) is 11.8 Å². The molecule has 0 N–H and O–H groups in total. The molecular weight excluding hydrogens is 104 g/mol. The van der Waals surface area contributed by atoms with Gasteiger partial charge in [0.2, 0.25) is 0 Å². The predicted octanol–water partition coefficient (Wildman–Crippen LogP) is 2.42. The molecular formula is C6H10S. The number of allylic oxidation sites excluding steroid dienone is 1. The van der Waals surface area contributed by atoms with E-state index in [1.54, 1.807) is 0 Å². The van der Waals surface area contributed by atoms with Gasteiger partial charge in [-0.1, -0.05) is 6.58 Å². The van der Waals surface area contributed by atoms with E-state index in [0.29, 0.717) is 0 Å². The zero-order chi connectivity index (χ0) is 5.11. The third kappa shape index (κ3) is 1.56. The quantitative estimate of drug-likeness (QED) is 0.466. The van der Waals surface area contributed by atoms with Crippen molar-refractivity contribution in [3.63, 3.8) is 0 Å². The minimum Gasteiger partial charge on any atom is -0.131 e. The van der Waals surface area contributed by atoms with Crippen molar-refractivity contribution in [3.05, 3.63) is 11.5 Å². The van der Waals surface area contributed by atoms with Crippen molar-refractivity contribution in [2.24, 2.45) is 0 Å². The summed E-state index contributed by atoms with van der Waals surface area (Å²) in [5, 5.41) is 0. The van der Waals surface area contributed by atoms with Gasteiger partial charge >= 0.3 is 0 Å². The Kier molecular flexibility index (Phi) is 1.80. The summed E-state index contributed by atoms with van der Waals surface area (Å²) in [7, 11) is 0. The first-order chi connectivity index (χ1) is 3.39. The van der Waals surface area contributed by atoms with Gasteiger partial charge in [0.25, 0.3) is 0 Å². The Morgan fingerprint density at radius 3 is 2.57 bits per heavy atom. The molecule has 0 aromatic rings. The Balaban J connectivity index is 2.25. The van der Waals surface area contributed by atoms with E-state index in [4.69, 9.17) is 0 Å². The fourth-order valence-corrected chi connectivity index (χ4v) is 1.64. The highest BCUT2D eigenvalue weighted by molar-refractivity contribution is 8.03. The molecule has 0 aromatic carbocycles. The monoisotopic (exact) mass is 114 g/mol. The molecule has 7 heavy (non-hydrogen) atoms. The highest BCUT2D eigenvalue weighted by Crippen LogP contribution is 2.26. The summed E-state index contributed by atoms with van der Waals surface area (Å²) in [4.78, 5) is 1.38. The van der Waals surface area contributed by atoms with E-state index < -0.39 is 0 Å². The van der Waals surface area contributed by atoms with Gasteiger partial charge in [-0.3, -0.25) is 0 Å². The van der Waals surface area contributed by atoms with Crippen molar-refractivity contribution in [1.29, 1.82) is 0 Å². The fourth-order valence-electron chi connectivity index (χ4n) is 0.713. The van der Waals surface area contributed by atoms with Gasteiger partial charge in [0.15, 0.2) is 0 Å². The third-order valence-corrected chi connectivity index (χ3v) is 2.26. The van der Waals surface area contributed by atoms with Crippen LogP contribution in [0, 0.1) is 0 Å². The average molecular weight is 114 g/mol. The first-order valence-corrected chi connectivity index (χ1v) is 3.69. The topological polar surface area (TPSA) is 0 Å². The zero-order valence-corrected chi connectivity index (χ0v) is 5.26. The molecule has 1 heterocycles. The van der Waals surface area contributed by atoms with E-state index >= 15 is 0 Å². The van der Waals surface area contributed by atoms with Crippen LogP contribution in [0.25, 0.3) is 0 Å². The van der Waals surface area contributed by atoms with Crippen LogP contribution in [-0.2, 0) is 0 Å². The van der Waals surface area contributed by atoms with Crippen molar-refractivity contribution in [2.45, 2.75) is 19.3 Å². The van der Waals surface area contributed by atoms with Gasteiger partial charge in [0.1, 0.15) is 0 Å². The smallest absolute Gasteiger partial charge is 0.00233 e. The second-order valence-electron chi connectivity index (χ2n) is 1.84. The Morgan fingerprint density at radius 1 is 1.43 bits per heavy atom. The van der Waals surface area contributed by atoms with Crippen LogP contribution in [0.5, 0.6) is 0 Å². The SMILES string of the molecule is C=C1CCCCS1. The molecule has 1 fully saturated rings. The lowest BCUT2D eigenvalue weighted by molar-refractivity contribution is 0.801. The van der Waals surface area contributed by atoms with Crippen LogP contribution in [0.2, 0.25) is 0 Å². The number of hydrogen-bond donors (Lipinski definition) is 0. The molecule has 1 aliphatic rings. The molecule has 0 atom stereocenters. The Bertz CT molecular complexity index is 68.2. The molecule has 0 nitrogen and oxygen atoms in total. The van der Waals surface area contributed by atoms with Crippen LogP contribution in [0.4, 0.5) is 0 Å². The van der Waals surface area contributed by atoms with Crippen LogP contribution >= 0.6 is 11.8 Å². The van der Waals surface area contributed by atoms with Crippen LogP contribution in [0.15, 0.2) is 11.5 Å². The van der Waals surface area contributed by atoms with Gasteiger partial charge in [-0.05, 0) is 29.9 Å². The second-order valence-corrected chi connectivity index (χ2v) is 3.12. The Labute approximate surface area is 49.0 Å². The Hall–Kier alpha value is 0.0900. The van der Waals surface area contributed by atoms with Crippen molar-refractivity contribution >= 4 is 11.8 Å². The van der Waals surface area contributed by atoms with Crippen LogP contribution in [0.1, 0.15) is 19.3 Å². The summed E-state index contributed by atoms with van der Waals surface area (Å²) in [6, 6.07) is 0. The van der Waals surface area contributed by atoms with Crippen molar-refractivity contribution in [1.82, 2.24) is 0 Å². The van der Waals surface area contributed by atoms with E-state index in [1.807, 2.05) is 11.8 Å². The summed E-state index contributed by atoms with van der Waals surface area (Å²) in [6.45, 7) is 3.88. The van der Waals surface area contributed by atoms with E-state index in [1.165, 1.54) is 29.9 Å². The molecule has 0 saturated carbocycles. The molecule has 0 radical (unpaired) electrons. The van der Waals surface area contributed by atoms with Crippen LogP contribution in [0.3, 0.4) is 0 Å². The molecule has 0 aliphatic carbocycles. The zero-order valence-electron chi connectivity index (χ0n) is 4.44. The Morgan fingerprint density at radius 2 is 2.29 bits per heavy atom. The summed E-state index contributed by atoms with van der Waals surface area (Å²) in [5.74, 6) is 1.30. The lowest BCUT2D eigenvalue weighted by Gasteiger charge is -2.09. The summed E-state index contributed by atoms with van der Waals surface area (Å²) < 4.78 is 0. The molecule has 0 spiro atoms. The lowest BCUT2D eigenvalue weighted by atomic mass is 10.2. The van der Waals surface area contributed by atoms with Crippen LogP contribution < -0.4 is 0 Å². The first-order valence-electron chi connectivity index (χ1n) is 2.70. The maximum absolute atomic E-state index is 3.88. The third-order valence-electron chi connectivity index (χ3n) is 1.16. The standard InChI is InChI=1S/C6H10S/c1-6-4-2-3-5-7-6/h1-5H2. The van der Waals surface area contributed by atoms with Crippen molar-refractivity contribution in [2.75, 3.05) is 5.75 Å². The number of thioether (sulfide) groups is 1. The summed E-state index contributed by atoms with van der Waals surface area (Å²) in [5.41, 5.74) is 0. The maximum atomic E-state index is 3.88. The fraction of sp³-hybridized carbons (Fsp3) is 0.667. The van der Waals surface area contributed by atoms with Gasteiger partial charge in [-0.25, -0.2) is 0 Å². The number of rotatable bonds is 0. The summed E-state index contributed by atoms with van der Waals surface area (Å²) in [6.07, 6.45) is 4.01. The van der Waals surface area contributed by atoms with Gasteiger partial charge in [-0.2, -0.15) is 0 Å². The minimum absolute atomic E-state index is 1.25. The van der Waals surface area contributed by atoms with E-state index in [0.717, 1.165) is 0 Å². The van der Waals surface area contributed by atoms with Crippen molar-refractivity contribution in [3.8, 4) is 0 Å². The first kappa shape index (κ1) is 5.23. The predicted molar refractivity (Wildman–Crippen MR) is 35.4 cm³/mol. The molecule has 40 valence electrons. The average Bonchev–Trinajstić information content (AvgIpc) is 1.69. The van der Waals surface area contributed by atoms with Crippen molar-refractivity contribution < 1.29 is 0 Å². The molecule has 0 unspecified atom stereocenters. The van der Waals surface area contributed by atoms with E-state index in [-0.39, 0.29) is 0 Å². The highest BCUT2D eigenvalue weighted by Gasteiger charge is 2.00. The van der Waals surface area contributed by atoms with E-state index in [9.17, 15) is 0 Å². The molecule has 1 rings (SSSR count). The molecule has 0 amide bonds. The lowest BCUT2D eigenvalue weighted by Crippen LogP contribution is -1.89. The maximum Gasteiger partial charge on any atom is -0.00233 e. The normalized spacial score (nSPS) is 22.6. The minimum atomic E-state index is 1.25.